The van der Waals surface area contributed by atoms with Crippen molar-refractivity contribution >= 4 is 17.1 Å². The number of aromatic nitrogens is 5. The molecule has 4 heterocycles. The average molecular weight is 395 g/mol. The molecular weight excluding hydrogens is 378 g/mol. The highest BCUT2D eigenvalue weighted by Crippen LogP contribution is 2.17. The highest BCUT2D eigenvalue weighted by molar-refractivity contribution is 5.79. The number of pyridine rings is 1. The third-order valence-corrected chi connectivity index (χ3v) is 4.88. The molecule has 0 unspecified atom stereocenters. The van der Waals surface area contributed by atoms with Gasteiger partial charge in [0.25, 0.3) is 5.56 Å². The van der Waals surface area contributed by atoms with Crippen LogP contribution in [0.5, 0.6) is 5.88 Å². The normalized spacial score (nSPS) is 13.9. The van der Waals surface area contributed by atoms with Gasteiger partial charge in [0.05, 0.1) is 25.0 Å². The van der Waals surface area contributed by atoms with Crippen molar-refractivity contribution in [1.82, 2.24) is 28.6 Å². The molecule has 1 amide bonds. The number of nitrogens with zero attached hydrogens (tertiary/aromatic N) is 7. The SMILES string of the molecule is Cn1c(=O)c2c(ncn2CC(=O)N2CC(Oc3ccc(C#N)cn3)C2)n(C)c1=O. The summed E-state index contributed by atoms with van der Waals surface area (Å²) >= 11 is 0. The van der Waals surface area contributed by atoms with Crippen LogP contribution in [0.3, 0.4) is 0 Å². The summed E-state index contributed by atoms with van der Waals surface area (Å²) in [5.41, 5.74) is -0.0806. The van der Waals surface area contributed by atoms with Crippen LogP contribution in [-0.4, -0.2) is 53.7 Å². The fourth-order valence-electron chi connectivity index (χ4n) is 3.17. The van der Waals surface area contributed by atoms with Gasteiger partial charge in [-0.15, -0.1) is 0 Å². The van der Waals surface area contributed by atoms with Gasteiger partial charge in [0, 0.05) is 26.4 Å². The van der Waals surface area contributed by atoms with Gasteiger partial charge in [0.2, 0.25) is 11.8 Å². The lowest BCUT2D eigenvalue weighted by Crippen LogP contribution is -2.57. The summed E-state index contributed by atoms with van der Waals surface area (Å²) in [6, 6.07) is 5.21. The topological polar surface area (TPSA) is 128 Å². The Hall–Kier alpha value is -3.94. The number of imidazole rings is 1. The van der Waals surface area contributed by atoms with E-state index in [1.807, 2.05) is 6.07 Å². The number of fused-ring (bicyclic) bond motifs is 1. The van der Waals surface area contributed by atoms with Crippen molar-refractivity contribution in [2.75, 3.05) is 13.1 Å². The van der Waals surface area contributed by atoms with Crippen molar-refractivity contribution < 1.29 is 9.53 Å². The summed E-state index contributed by atoms with van der Waals surface area (Å²) < 4.78 is 9.39. The number of aryl methyl sites for hydroxylation is 1. The molecule has 0 bridgehead atoms. The van der Waals surface area contributed by atoms with Crippen LogP contribution in [0.2, 0.25) is 0 Å². The molecule has 0 N–H and O–H groups in total. The monoisotopic (exact) mass is 395 g/mol. The maximum absolute atomic E-state index is 12.6. The number of nitriles is 1. The standard InChI is InChI=1S/C18H17N7O4/c1-22-16-15(17(27)23(2)18(22)28)25(10-21-16)9-14(26)24-7-12(8-24)29-13-4-3-11(5-19)6-20-13/h3-4,6,10,12H,7-9H2,1-2H3. The van der Waals surface area contributed by atoms with Gasteiger partial charge in [-0.1, -0.05) is 0 Å². The van der Waals surface area contributed by atoms with Crippen LogP contribution < -0.4 is 16.0 Å². The molecular formula is C18H17N7O4. The Morgan fingerprint density at radius 2 is 2.00 bits per heavy atom. The third-order valence-electron chi connectivity index (χ3n) is 4.88. The van der Waals surface area contributed by atoms with Crippen LogP contribution >= 0.6 is 0 Å². The molecule has 0 spiro atoms. The van der Waals surface area contributed by atoms with Gasteiger partial charge in [-0.2, -0.15) is 5.26 Å². The Bertz CT molecular complexity index is 1260. The zero-order chi connectivity index (χ0) is 20.7. The summed E-state index contributed by atoms with van der Waals surface area (Å²) in [5.74, 6) is 0.207. The van der Waals surface area contributed by atoms with E-state index < -0.39 is 11.2 Å². The Kier molecular flexibility index (Phi) is 4.38. The summed E-state index contributed by atoms with van der Waals surface area (Å²) in [6.45, 7) is 0.721. The second-order valence-corrected chi connectivity index (χ2v) is 6.79. The second-order valence-electron chi connectivity index (χ2n) is 6.79. The molecule has 0 radical (unpaired) electrons. The van der Waals surface area contributed by atoms with Crippen molar-refractivity contribution in [3.63, 3.8) is 0 Å². The third kappa shape index (κ3) is 3.14. The molecule has 0 atom stereocenters. The van der Waals surface area contributed by atoms with Crippen molar-refractivity contribution in [2.24, 2.45) is 14.1 Å². The number of hydrogen-bond donors (Lipinski definition) is 0. The van der Waals surface area contributed by atoms with Crippen LogP contribution in [-0.2, 0) is 25.4 Å². The molecule has 0 saturated carbocycles. The number of carbonyl (C=O) groups excluding carboxylic acids is 1. The van der Waals surface area contributed by atoms with Gasteiger partial charge in [-0.3, -0.25) is 18.7 Å². The molecule has 11 nitrogen and oxygen atoms in total. The Morgan fingerprint density at radius 3 is 2.66 bits per heavy atom. The van der Waals surface area contributed by atoms with E-state index in [9.17, 15) is 14.4 Å². The molecule has 0 aliphatic carbocycles. The first-order valence-corrected chi connectivity index (χ1v) is 8.80. The molecule has 1 saturated heterocycles. The van der Waals surface area contributed by atoms with Crippen molar-refractivity contribution in [1.29, 1.82) is 5.26 Å². The molecule has 1 fully saturated rings. The minimum Gasteiger partial charge on any atom is -0.471 e. The number of rotatable bonds is 4. The van der Waals surface area contributed by atoms with Crippen molar-refractivity contribution in [3.8, 4) is 11.9 Å². The molecule has 0 aromatic carbocycles. The van der Waals surface area contributed by atoms with Gasteiger partial charge < -0.3 is 14.2 Å². The van der Waals surface area contributed by atoms with E-state index in [2.05, 4.69) is 9.97 Å². The summed E-state index contributed by atoms with van der Waals surface area (Å²) in [4.78, 5) is 46.7. The van der Waals surface area contributed by atoms with E-state index in [1.165, 1.54) is 35.8 Å². The molecule has 3 aromatic rings. The minimum atomic E-state index is -0.495. The molecule has 148 valence electrons. The zero-order valence-electron chi connectivity index (χ0n) is 15.8. The number of ether oxygens (including phenoxy) is 1. The lowest BCUT2D eigenvalue weighted by molar-refractivity contribution is -0.140. The maximum Gasteiger partial charge on any atom is 0.332 e. The molecule has 1 aliphatic heterocycles. The van der Waals surface area contributed by atoms with Crippen LogP contribution in [0.4, 0.5) is 0 Å². The highest BCUT2D eigenvalue weighted by atomic mass is 16.5. The van der Waals surface area contributed by atoms with E-state index in [0.717, 1.165) is 4.57 Å². The first-order valence-electron chi connectivity index (χ1n) is 8.80. The minimum absolute atomic E-state index is 0.0637. The lowest BCUT2D eigenvalue weighted by Gasteiger charge is -2.38. The molecule has 11 heteroatoms. The maximum atomic E-state index is 12.6. The number of likely N-dealkylation sites (tertiary alicyclic amines) is 1. The zero-order valence-corrected chi connectivity index (χ0v) is 15.8. The Balaban J connectivity index is 1.43. The summed E-state index contributed by atoms with van der Waals surface area (Å²) in [5, 5.41) is 8.78. The van der Waals surface area contributed by atoms with Crippen LogP contribution in [0.1, 0.15) is 5.56 Å². The predicted molar refractivity (Wildman–Crippen MR) is 100 cm³/mol. The van der Waals surface area contributed by atoms with Gasteiger partial charge >= 0.3 is 5.69 Å². The first-order chi connectivity index (χ1) is 13.9. The number of amides is 1. The predicted octanol–water partition coefficient (Wildman–Crippen LogP) is -1.01. The Morgan fingerprint density at radius 1 is 1.24 bits per heavy atom. The fraction of sp³-hybridized carbons (Fsp3) is 0.333. The van der Waals surface area contributed by atoms with Crippen molar-refractivity contribution in [3.05, 3.63) is 51.1 Å². The second kappa shape index (κ2) is 6.90. The van der Waals surface area contributed by atoms with E-state index >= 15 is 0 Å². The quantitative estimate of drug-likeness (QED) is 0.554. The van der Waals surface area contributed by atoms with Crippen LogP contribution in [0.15, 0.2) is 34.2 Å². The van der Waals surface area contributed by atoms with Crippen LogP contribution in [0, 0.1) is 11.3 Å². The van der Waals surface area contributed by atoms with E-state index in [1.54, 1.807) is 17.0 Å². The van der Waals surface area contributed by atoms with Gasteiger partial charge in [-0.05, 0) is 6.07 Å². The summed E-state index contributed by atoms with van der Waals surface area (Å²) in [7, 11) is 2.91. The van der Waals surface area contributed by atoms with Crippen LogP contribution in [0.25, 0.3) is 11.2 Å². The van der Waals surface area contributed by atoms with E-state index in [0.29, 0.717) is 24.5 Å². The van der Waals surface area contributed by atoms with E-state index in [4.69, 9.17) is 10.00 Å². The first kappa shape index (κ1) is 18.4. The highest BCUT2D eigenvalue weighted by Gasteiger charge is 2.33. The largest absolute Gasteiger partial charge is 0.471 e. The summed E-state index contributed by atoms with van der Waals surface area (Å²) in [6.07, 6.45) is 2.62. The fourth-order valence-corrected chi connectivity index (χ4v) is 3.17. The Labute approximate surface area is 164 Å². The van der Waals surface area contributed by atoms with Gasteiger partial charge in [-0.25, -0.2) is 14.8 Å². The van der Waals surface area contributed by atoms with Crippen molar-refractivity contribution in [2.45, 2.75) is 12.6 Å². The van der Waals surface area contributed by atoms with Gasteiger partial charge in [0.1, 0.15) is 18.7 Å². The molecule has 3 aromatic heterocycles. The molecule has 29 heavy (non-hydrogen) atoms. The molecule has 4 rings (SSSR count). The van der Waals surface area contributed by atoms with E-state index in [-0.39, 0.29) is 29.7 Å². The smallest absolute Gasteiger partial charge is 0.332 e. The lowest BCUT2D eigenvalue weighted by atomic mass is 10.1. The average Bonchev–Trinajstić information content (AvgIpc) is 3.11. The molecule has 1 aliphatic rings. The number of hydrogen-bond acceptors (Lipinski definition) is 7. The number of carbonyl (C=O) groups is 1. The van der Waals surface area contributed by atoms with Gasteiger partial charge in [0.15, 0.2) is 11.2 Å².